The van der Waals surface area contributed by atoms with Crippen LogP contribution in [0.2, 0.25) is 0 Å². The van der Waals surface area contributed by atoms with Gasteiger partial charge in [0, 0.05) is 5.92 Å². The van der Waals surface area contributed by atoms with E-state index in [1.807, 2.05) is 32.0 Å². The first-order valence-electron chi connectivity index (χ1n) is 8.60. The maximum absolute atomic E-state index is 13.0. The van der Waals surface area contributed by atoms with Gasteiger partial charge in [0.2, 0.25) is 5.91 Å². The molecule has 3 aromatic rings. The zero-order valence-electron chi connectivity index (χ0n) is 15.8. The number of hydrogen-bond donors (Lipinski definition) is 1. The van der Waals surface area contributed by atoms with Gasteiger partial charge in [-0.2, -0.15) is 4.68 Å². The molecule has 1 amide bonds. The van der Waals surface area contributed by atoms with Crippen LogP contribution in [-0.4, -0.2) is 28.0 Å². The van der Waals surface area contributed by atoms with Crippen molar-refractivity contribution >= 4 is 16.8 Å². The van der Waals surface area contributed by atoms with E-state index in [0.29, 0.717) is 16.7 Å². The summed E-state index contributed by atoms with van der Waals surface area (Å²) in [7, 11) is 1.56. The van der Waals surface area contributed by atoms with Crippen LogP contribution in [0.3, 0.4) is 0 Å². The van der Waals surface area contributed by atoms with Gasteiger partial charge in [-0.25, -0.2) is 0 Å². The third kappa shape index (κ3) is 2.95. The van der Waals surface area contributed by atoms with Gasteiger partial charge in [-0.15, -0.1) is 5.10 Å². The van der Waals surface area contributed by atoms with E-state index in [2.05, 4.69) is 10.3 Å². The summed E-state index contributed by atoms with van der Waals surface area (Å²) in [6.45, 7) is 5.37. The second-order valence-corrected chi connectivity index (χ2v) is 6.80. The summed E-state index contributed by atoms with van der Waals surface area (Å²) in [4.78, 5) is 25.6. The summed E-state index contributed by atoms with van der Waals surface area (Å²) in [5, 5.41) is 8.51. The molecule has 0 bridgehead atoms. The van der Waals surface area contributed by atoms with Crippen molar-refractivity contribution in [3.05, 3.63) is 63.9 Å². The largest absolute Gasteiger partial charge is 0.496 e. The van der Waals surface area contributed by atoms with Crippen LogP contribution in [0.15, 0.2) is 47.3 Å². The molecule has 3 rings (SSSR count). The minimum absolute atomic E-state index is 0.378. The number of amides is 1. The van der Waals surface area contributed by atoms with Gasteiger partial charge >= 0.3 is 0 Å². The van der Waals surface area contributed by atoms with Crippen LogP contribution >= 0.6 is 0 Å². The van der Waals surface area contributed by atoms with Gasteiger partial charge in [-0.1, -0.05) is 36.4 Å². The smallest absolute Gasteiger partial charge is 0.278 e. The van der Waals surface area contributed by atoms with Crippen LogP contribution < -0.4 is 16.0 Å². The maximum Gasteiger partial charge on any atom is 0.278 e. The van der Waals surface area contributed by atoms with Crippen molar-refractivity contribution in [2.45, 2.75) is 32.2 Å². The number of nitrogens with two attached hydrogens (primary N) is 1. The van der Waals surface area contributed by atoms with Crippen molar-refractivity contribution in [1.29, 1.82) is 0 Å². The van der Waals surface area contributed by atoms with E-state index in [1.165, 1.54) is 0 Å². The van der Waals surface area contributed by atoms with E-state index in [-0.39, 0.29) is 0 Å². The number of primary amides is 1. The quantitative estimate of drug-likeness (QED) is 0.745. The normalized spacial score (nSPS) is 14.5. The van der Waals surface area contributed by atoms with Gasteiger partial charge in [-0.05, 0) is 43.2 Å². The Morgan fingerprint density at radius 2 is 1.96 bits per heavy atom. The Hall–Kier alpha value is -3.22. The monoisotopic (exact) mass is 366 g/mol. The maximum atomic E-state index is 13.0. The Kier molecular flexibility index (Phi) is 4.70. The molecule has 0 radical (unpaired) electrons. The highest BCUT2D eigenvalue weighted by molar-refractivity contribution is 5.84. The summed E-state index contributed by atoms with van der Waals surface area (Å²) in [6, 6.07) is 12.5. The lowest BCUT2D eigenvalue weighted by atomic mass is 9.80. The standard InChI is InChI=1S/C20H22N4O3/c1-12-9-10-14(17(11-12)27-4)13(2)20(3,19(21)26)24-18(25)15-7-5-6-8-16(15)22-23-24/h5-11,13H,1-4H3,(H2,21,26)/t13-,20?/m0/s1. The molecule has 0 aliphatic heterocycles. The number of nitrogens with zero attached hydrogens (tertiary/aromatic N) is 3. The van der Waals surface area contributed by atoms with Crippen molar-refractivity contribution < 1.29 is 9.53 Å². The summed E-state index contributed by atoms with van der Waals surface area (Å²) < 4.78 is 6.57. The van der Waals surface area contributed by atoms with Crippen molar-refractivity contribution in [2.24, 2.45) is 5.73 Å². The molecule has 1 heterocycles. The molecule has 0 aliphatic rings. The number of fused-ring (bicyclic) bond motifs is 1. The molecule has 0 aliphatic carbocycles. The molecule has 7 heteroatoms. The number of ether oxygens (including phenoxy) is 1. The predicted octanol–water partition coefficient (Wildman–Crippen LogP) is 2.11. The first kappa shape index (κ1) is 18.6. The van der Waals surface area contributed by atoms with Crippen LogP contribution in [0.1, 0.15) is 30.9 Å². The lowest BCUT2D eigenvalue weighted by Crippen LogP contribution is -2.53. The summed E-state index contributed by atoms with van der Waals surface area (Å²) >= 11 is 0. The fourth-order valence-corrected chi connectivity index (χ4v) is 3.27. The number of aryl methyl sites for hydroxylation is 1. The van der Waals surface area contributed by atoms with E-state index in [1.54, 1.807) is 38.3 Å². The SMILES string of the molecule is COc1cc(C)ccc1[C@H](C)C(C)(C(N)=O)n1nnc2ccccc2c1=O. The highest BCUT2D eigenvalue weighted by Gasteiger charge is 2.43. The number of carbonyl (C=O) groups excluding carboxylic acids is 1. The molecule has 0 fully saturated rings. The molecule has 1 aromatic heterocycles. The number of methoxy groups -OCH3 is 1. The first-order valence-corrected chi connectivity index (χ1v) is 8.60. The average Bonchev–Trinajstić information content (AvgIpc) is 2.67. The summed E-state index contributed by atoms with van der Waals surface area (Å²) in [5.74, 6) is -0.542. The van der Waals surface area contributed by atoms with Crippen LogP contribution in [0.4, 0.5) is 0 Å². The molecule has 2 N–H and O–H groups in total. The topological polar surface area (TPSA) is 100 Å². The molecule has 1 unspecified atom stereocenters. The lowest BCUT2D eigenvalue weighted by molar-refractivity contribution is -0.127. The zero-order valence-corrected chi connectivity index (χ0v) is 15.8. The van der Waals surface area contributed by atoms with E-state index in [9.17, 15) is 9.59 Å². The molecular weight excluding hydrogens is 344 g/mol. The third-order valence-corrected chi connectivity index (χ3v) is 5.21. The first-order chi connectivity index (χ1) is 12.8. The number of hydrogen-bond acceptors (Lipinski definition) is 5. The highest BCUT2D eigenvalue weighted by atomic mass is 16.5. The van der Waals surface area contributed by atoms with Crippen LogP contribution in [0.25, 0.3) is 10.9 Å². The molecule has 0 saturated heterocycles. The van der Waals surface area contributed by atoms with Crippen LogP contribution in [-0.2, 0) is 10.3 Å². The van der Waals surface area contributed by atoms with Crippen molar-refractivity contribution in [3.63, 3.8) is 0 Å². The fourth-order valence-electron chi connectivity index (χ4n) is 3.27. The second-order valence-electron chi connectivity index (χ2n) is 6.80. The molecule has 0 saturated carbocycles. The predicted molar refractivity (Wildman–Crippen MR) is 103 cm³/mol. The number of benzene rings is 2. The Balaban J connectivity index is 2.25. The van der Waals surface area contributed by atoms with E-state index >= 15 is 0 Å². The van der Waals surface area contributed by atoms with Gasteiger partial charge in [0.25, 0.3) is 5.56 Å². The van der Waals surface area contributed by atoms with Crippen molar-refractivity contribution in [1.82, 2.24) is 15.0 Å². The van der Waals surface area contributed by atoms with E-state index in [4.69, 9.17) is 10.5 Å². The third-order valence-electron chi connectivity index (χ3n) is 5.21. The lowest BCUT2D eigenvalue weighted by Gasteiger charge is -2.33. The van der Waals surface area contributed by atoms with Gasteiger partial charge in [0.15, 0.2) is 5.54 Å². The average molecular weight is 366 g/mol. The minimum atomic E-state index is -1.43. The molecule has 2 atom stereocenters. The minimum Gasteiger partial charge on any atom is -0.496 e. The fraction of sp³-hybridized carbons (Fsp3) is 0.300. The van der Waals surface area contributed by atoms with Gasteiger partial charge < -0.3 is 10.5 Å². The van der Waals surface area contributed by atoms with Gasteiger partial charge in [0.05, 0.1) is 12.5 Å². The van der Waals surface area contributed by atoms with Gasteiger partial charge in [-0.3, -0.25) is 9.59 Å². The molecule has 2 aromatic carbocycles. The van der Waals surface area contributed by atoms with Crippen LogP contribution in [0, 0.1) is 6.92 Å². The number of aromatic nitrogens is 3. The molecule has 0 spiro atoms. The second kappa shape index (κ2) is 6.83. The summed E-state index contributed by atoms with van der Waals surface area (Å²) in [6.07, 6.45) is 0. The molecule has 7 nitrogen and oxygen atoms in total. The molecule has 140 valence electrons. The molecule has 27 heavy (non-hydrogen) atoms. The Morgan fingerprint density at radius 1 is 1.26 bits per heavy atom. The zero-order chi connectivity index (χ0) is 19.8. The Morgan fingerprint density at radius 3 is 2.63 bits per heavy atom. The molecular formula is C20H22N4O3. The Bertz CT molecular complexity index is 1080. The van der Waals surface area contributed by atoms with Crippen LogP contribution in [0.5, 0.6) is 5.75 Å². The van der Waals surface area contributed by atoms with Crippen molar-refractivity contribution in [3.8, 4) is 5.75 Å². The highest BCUT2D eigenvalue weighted by Crippen LogP contribution is 2.38. The number of rotatable bonds is 5. The van der Waals surface area contributed by atoms with Gasteiger partial charge in [0.1, 0.15) is 11.3 Å². The Labute approximate surface area is 156 Å². The summed E-state index contributed by atoms with van der Waals surface area (Å²) in [5.41, 5.74) is 6.16. The van der Waals surface area contributed by atoms with E-state index < -0.39 is 22.9 Å². The van der Waals surface area contributed by atoms with E-state index in [0.717, 1.165) is 15.8 Å². The number of carbonyl (C=O) groups is 1. The van der Waals surface area contributed by atoms with Crippen molar-refractivity contribution in [2.75, 3.05) is 7.11 Å².